The lowest BCUT2D eigenvalue weighted by atomic mass is 9.85. The van der Waals surface area contributed by atoms with E-state index in [-0.39, 0.29) is 0 Å². The molecule has 248 valence electrons. The molecule has 0 bridgehead atoms. The number of benzene rings is 10. The van der Waals surface area contributed by atoms with Gasteiger partial charge in [0, 0.05) is 0 Å². The fourth-order valence-corrected chi connectivity index (χ4v) is 8.32. The average Bonchev–Trinajstić information content (AvgIpc) is 3.22. The van der Waals surface area contributed by atoms with Crippen molar-refractivity contribution < 1.29 is 0 Å². The zero-order valence-corrected chi connectivity index (χ0v) is 29.6. The number of hydrogen-bond donors (Lipinski definition) is 0. The van der Waals surface area contributed by atoms with Crippen LogP contribution in [0.5, 0.6) is 0 Å². The van der Waals surface area contributed by atoms with Gasteiger partial charge < -0.3 is 0 Å². The first kappa shape index (κ1) is 31.0. The van der Waals surface area contributed by atoms with E-state index in [9.17, 15) is 0 Å². The molecule has 0 fully saturated rings. The lowest BCUT2D eigenvalue weighted by Crippen LogP contribution is -1.91. The molecule has 0 aliphatic carbocycles. The van der Waals surface area contributed by atoms with Crippen LogP contribution in [0.3, 0.4) is 0 Å². The minimum Gasteiger partial charge on any atom is -0.0622 e. The van der Waals surface area contributed by atoms with Crippen molar-refractivity contribution in [3.05, 3.63) is 206 Å². The lowest BCUT2D eigenvalue weighted by molar-refractivity contribution is 1.46. The van der Waals surface area contributed by atoms with Crippen LogP contribution in [0.1, 0.15) is 5.56 Å². The summed E-state index contributed by atoms with van der Waals surface area (Å²) >= 11 is 0. The van der Waals surface area contributed by atoms with Crippen molar-refractivity contribution in [1.29, 1.82) is 0 Å². The van der Waals surface area contributed by atoms with Crippen molar-refractivity contribution in [3.63, 3.8) is 0 Å². The third kappa shape index (κ3) is 5.48. The van der Waals surface area contributed by atoms with Crippen molar-refractivity contribution in [3.8, 4) is 55.6 Å². The molecule has 0 unspecified atom stereocenters. The third-order valence-electron chi connectivity index (χ3n) is 10.9. The Morgan fingerprint density at radius 1 is 0.245 bits per heavy atom. The highest BCUT2D eigenvalue weighted by Gasteiger charge is 2.17. The maximum Gasteiger partial charge on any atom is -0.00262 e. The van der Waals surface area contributed by atoms with Gasteiger partial charge in [-0.2, -0.15) is 0 Å². The van der Waals surface area contributed by atoms with Gasteiger partial charge in [0.15, 0.2) is 0 Å². The lowest BCUT2D eigenvalue weighted by Gasteiger charge is -2.18. The molecule has 0 spiro atoms. The van der Waals surface area contributed by atoms with Gasteiger partial charge in [-0.15, -0.1) is 0 Å². The number of aryl methyl sites for hydroxylation is 1. The molecule has 10 aromatic carbocycles. The van der Waals surface area contributed by atoms with Crippen molar-refractivity contribution in [2.24, 2.45) is 0 Å². The van der Waals surface area contributed by atoms with E-state index in [0.717, 1.165) is 0 Å². The van der Waals surface area contributed by atoms with Crippen LogP contribution in [-0.4, -0.2) is 0 Å². The van der Waals surface area contributed by atoms with Gasteiger partial charge in [0.05, 0.1) is 0 Å². The molecule has 0 amide bonds. The van der Waals surface area contributed by atoms with Crippen molar-refractivity contribution in [1.82, 2.24) is 0 Å². The van der Waals surface area contributed by atoms with Crippen LogP contribution in [0, 0.1) is 6.92 Å². The van der Waals surface area contributed by atoms with Crippen LogP contribution in [0.25, 0.3) is 98.7 Å². The average molecular weight is 673 g/mol. The number of fused-ring (bicyclic) bond motifs is 4. The van der Waals surface area contributed by atoms with Gasteiger partial charge in [0.1, 0.15) is 0 Å². The van der Waals surface area contributed by atoms with E-state index < -0.39 is 0 Å². The van der Waals surface area contributed by atoms with Crippen molar-refractivity contribution in [2.45, 2.75) is 6.92 Å². The molecule has 0 nitrogen and oxygen atoms in total. The third-order valence-corrected chi connectivity index (χ3v) is 10.9. The first-order valence-electron chi connectivity index (χ1n) is 18.4. The van der Waals surface area contributed by atoms with Crippen molar-refractivity contribution >= 4 is 43.1 Å². The summed E-state index contributed by atoms with van der Waals surface area (Å²) in [5.74, 6) is 0. The Labute approximate surface area is 310 Å². The van der Waals surface area contributed by atoms with Gasteiger partial charge in [-0.1, -0.05) is 164 Å². The predicted molar refractivity (Wildman–Crippen MR) is 228 cm³/mol. The fraction of sp³-hybridized carbons (Fsp3) is 0.0189. The Kier molecular flexibility index (Phi) is 7.48. The molecular weight excluding hydrogens is 637 g/mol. The molecular formula is C53H36. The molecule has 0 radical (unpaired) electrons. The van der Waals surface area contributed by atoms with Crippen LogP contribution in [0.15, 0.2) is 200 Å². The normalized spacial score (nSPS) is 11.5. The van der Waals surface area contributed by atoms with E-state index in [4.69, 9.17) is 0 Å². The highest BCUT2D eigenvalue weighted by Crippen LogP contribution is 2.45. The fourth-order valence-electron chi connectivity index (χ4n) is 8.32. The zero-order chi connectivity index (χ0) is 35.3. The molecule has 10 aromatic rings. The summed E-state index contributed by atoms with van der Waals surface area (Å²) in [6.45, 7) is 2.20. The molecule has 0 heteroatoms. The molecule has 0 aromatic heterocycles. The Bertz CT molecular complexity index is 2950. The molecule has 0 aliphatic heterocycles. The molecule has 0 saturated carbocycles. The van der Waals surface area contributed by atoms with Crippen LogP contribution in [0.4, 0.5) is 0 Å². The Balaban J connectivity index is 1.16. The topological polar surface area (TPSA) is 0 Å². The minimum atomic E-state index is 1.21. The summed E-state index contributed by atoms with van der Waals surface area (Å²) in [5, 5.41) is 10.1. The van der Waals surface area contributed by atoms with E-state index in [1.807, 2.05) is 0 Å². The molecule has 0 aliphatic rings. The highest BCUT2D eigenvalue weighted by atomic mass is 14.2. The Hall–Kier alpha value is -6.76. The maximum absolute atomic E-state index is 2.39. The van der Waals surface area contributed by atoms with Gasteiger partial charge in [0.2, 0.25) is 0 Å². The van der Waals surface area contributed by atoms with Gasteiger partial charge in [-0.05, 0) is 148 Å². The van der Waals surface area contributed by atoms with E-state index >= 15 is 0 Å². The molecule has 0 N–H and O–H groups in total. The van der Waals surface area contributed by atoms with Crippen LogP contribution in [0.2, 0.25) is 0 Å². The van der Waals surface area contributed by atoms with Gasteiger partial charge in [-0.3, -0.25) is 0 Å². The Morgan fingerprint density at radius 2 is 0.679 bits per heavy atom. The summed E-state index contributed by atoms with van der Waals surface area (Å²) < 4.78 is 0. The monoisotopic (exact) mass is 672 g/mol. The molecule has 0 heterocycles. The van der Waals surface area contributed by atoms with Crippen LogP contribution >= 0.6 is 0 Å². The summed E-state index contributed by atoms with van der Waals surface area (Å²) in [6.07, 6.45) is 0. The molecule has 0 saturated heterocycles. The summed E-state index contributed by atoms with van der Waals surface area (Å²) in [5.41, 5.74) is 13.7. The van der Waals surface area contributed by atoms with Crippen molar-refractivity contribution in [2.75, 3.05) is 0 Å². The summed E-state index contributed by atoms with van der Waals surface area (Å²) in [6, 6.07) is 73.7. The van der Waals surface area contributed by atoms with E-state index in [0.29, 0.717) is 0 Å². The quantitative estimate of drug-likeness (QED) is 0.160. The first-order chi connectivity index (χ1) is 26.2. The largest absolute Gasteiger partial charge is 0.0622 e. The van der Waals surface area contributed by atoms with Crippen LogP contribution < -0.4 is 0 Å². The number of rotatable bonds is 5. The second-order valence-electron chi connectivity index (χ2n) is 14.2. The molecule has 53 heavy (non-hydrogen) atoms. The maximum atomic E-state index is 2.39. The molecule has 0 atom stereocenters. The predicted octanol–water partition coefficient (Wildman–Crippen LogP) is 14.9. The zero-order valence-electron chi connectivity index (χ0n) is 29.6. The van der Waals surface area contributed by atoms with Gasteiger partial charge in [0.25, 0.3) is 0 Å². The van der Waals surface area contributed by atoms with E-state index in [1.54, 1.807) is 0 Å². The SMILES string of the molecule is Cc1ccccc1-c1cc(-c2ccccc2)cc(-c2ccc3ccc(-c4c5ccccc5c(-c5ccc6ccccc6c5)c5ccccc45)cc3c2)c1. The van der Waals surface area contributed by atoms with Gasteiger partial charge in [-0.25, -0.2) is 0 Å². The Morgan fingerprint density at radius 3 is 1.30 bits per heavy atom. The van der Waals surface area contributed by atoms with E-state index in [1.165, 1.54) is 104 Å². The minimum absolute atomic E-state index is 1.21. The first-order valence-corrected chi connectivity index (χ1v) is 18.4. The van der Waals surface area contributed by atoms with Gasteiger partial charge >= 0.3 is 0 Å². The highest BCUT2D eigenvalue weighted by molar-refractivity contribution is 6.22. The standard InChI is InChI=1S/C53H36/c1-35-13-5-8-18-47(35)46-33-44(36-14-3-2-4-15-36)32-45(34-46)40-26-23-38-25-28-42(31-43(38)30-40)53-50-21-11-9-19-48(50)52(49-20-10-12-22-51(49)53)41-27-24-37-16-6-7-17-39(37)29-41/h2-34H,1H3. The number of hydrogen-bond acceptors (Lipinski definition) is 0. The second-order valence-corrected chi connectivity index (χ2v) is 14.2. The summed E-state index contributed by atoms with van der Waals surface area (Å²) in [4.78, 5) is 0. The molecule has 10 rings (SSSR count). The smallest absolute Gasteiger partial charge is 0.00262 e. The van der Waals surface area contributed by atoms with Crippen LogP contribution in [-0.2, 0) is 0 Å². The van der Waals surface area contributed by atoms with E-state index in [2.05, 4.69) is 207 Å². The second kappa shape index (κ2) is 12.8. The summed E-state index contributed by atoms with van der Waals surface area (Å²) in [7, 11) is 0.